The Morgan fingerprint density at radius 3 is 1.66 bits per heavy atom. The Kier molecular flexibility index (Phi) is 4.94. The molecule has 0 aliphatic carbocycles. The van der Waals surface area contributed by atoms with Crippen molar-refractivity contribution in [1.29, 1.82) is 0 Å². The van der Waals surface area contributed by atoms with E-state index in [4.69, 9.17) is 4.42 Å². The number of fused-ring (bicyclic) bond motifs is 10. The summed E-state index contributed by atoms with van der Waals surface area (Å²) in [5.41, 5.74) is 6.92. The maximum atomic E-state index is 6.19. The predicted octanol–water partition coefficient (Wildman–Crippen LogP) is 12.7. The maximum Gasteiger partial charge on any atom is 0.136 e. The van der Waals surface area contributed by atoms with Crippen LogP contribution in [0, 0.1) is 0 Å². The molecule has 0 unspecified atom stereocenters. The van der Waals surface area contributed by atoms with E-state index in [1.807, 2.05) is 23.5 Å². The SMILES string of the molecule is c1ccc2c(c1)oc1ccc3cc(-c4c5ccccc5c(-c5ccc6sc7ccccc7c6c5)c5ccccc45)ccc3c12. The van der Waals surface area contributed by atoms with Crippen molar-refractivity contribution >= 4 is 85.8 Å². The summed E-state index contributed by atoms with van der Waals surface area (Å²) < 4.78 is 8.86. The van der Waals surface area contributed by atoms with E-state index in [0.29, 0.717) is 0 Å². The summed E-state index contributed by atoms with van der Waals surface area (Å²) in [5, 5.41) is 12.5. The average Bonchev–Trinajstić information content (AvgIpc) is 3.65. The zero-order chi connectivity index (χ0) is 28.8. The summed E-state index contributed by atoms with van der Waals surface area (Å²) in [6.45, 7) is 0. The fraction of sp³-hybridized carbons (Fsp3) is 0. The summed E-state index contributed by atoms with van der Waals surface area (Å²) in [5.74, 6) is 0. The third kappa shape index (κ3) is 3.35. The maximum absolute atomic E-state index is 6.19. The highest BCUT2D eigenvalue weighted by atomic mass is 32.1. The number of furan rings is 1. The van der Waals surface area contributed by atoms with Gasteiger partial charge in [-0.1, -0.05) is 109 Å². The van der Waals surface area contributed by atoms with E-state index in [9.17, 15) is 0 Å². The third-order valence-electron chi connectivity index (χ3n) is 9.24. The minimum absolute atomic E-state index is 0.931. The van der Waals surface area contributed by atoms with Crippen LogP contribution in [-0.2, 0) is 0 Å². The van der Waals surface area contributed by atoms with Crippen molar-refractivity contribution in [1.82, 2.24) is 0 Å². The lowest BCUT2D eigenvalue weighted by Crippen LogP contribution is -1.91. The van der Waals surface area contributed by atoms with Gasteiger partial charge in [-0.15, -0.1) is 11.3 Å². The van der Waals surface area contributed by atoms with E-state index < -0.39 is 0 Å². The quantitative estimate of drug-likeness (QED) is 0.187. The molecule has 0 bridgehead atoms. The Morgan fingerprint density at radius 2 is 0.932 bits per heavy atom. The Bertz CT molecular complexity index is 2720. The van der Waals surface area contributed by atoms with E-state index >= 15 is 0 Å². The average molecular weight is 577 g/mol. The van der Waals surface area contributed by atoms with Gasteiger partial charge in [-0.05, 0) is 91.0 Å². The van der Waals surface area contributed by atoms with Gasteiger partial charge in [0.05, 0.1) is 0 Å². The lowest BCUT2D eigenvalue weighted by molar-refractivity contribution is 0.669. The van der Waals surface area contributed by atoms with Crippen LogP contribution in [-0.4, -0.2) is 0 Å². The van der Waals surface area contributed by atoms with Gasteiger partial charge in [0, 0.05) is 30.9 Å². The van der Waals surface area contributed by atoms with Crippen LogP contribution in [0.2, 0.25) is 0 Å². The molecule has 0 aliphatic rings. The number of hydrogen-bond donors (Lipinski definition) is 0. The summed E-state index contributed by atoms with van der Waals surface area (Å²) in [6, 6.07) is 53.2. The van der Waals surface area contributed by atoms with Crippen molar-refractivity contribution in [2.75, 3.05) is 0 Å². The highest BCUT2D eigenvalue weighted by Crippen LogP contribution is 2.46. The first-order valence-electron chi connectivity index (χ1n) is 15.0. The van der Waals surface area contributed by atoms with Crippen LogP contribution in [0.1, 0.15) is 0 Å². The smallest absolute Gasteiger partial charge is 0.136 e. The molecule has 2 heteroatoms. The van der Waals surface area contributed by atoms with Gasteiger partial charge < -0.3 is 4.42 Å². The second kappa shape index (κ2) is 9.03. The first-order chi connectivity index (χ1) is 21.8. The van der Waals surface area contributed by atoms with E-state index in [2.05, 4.69) is 133 Å². The van der Waals surface area contributed by atoms with Crippen LogP contribution in [0.3, 0.4) is 0 Å². The Hall–Kier alpha value is -5.44. The molecule has 1 nitrogen and oxygen atoms in total. The molecule has 0 N–H and O–H groups in total. The van der Waals surface area contributed by atoms with Crippen molar-refractivity contribution in [2.24, 2.45) is 0 Å². The zero-order valence-electron chi connectivity index (χ0n) is 23.7. The first kappa shape index (κ1) is 24.0. The van der Waals surface area contributed by atoms with Crippen molar-refractivity contribution in [2.45, 2.75) is 0 Å². The van der Waals surface area contributed by atoms with Crippen LogP contribution < -0.4 is 0 Å². The van der Waals surface area contributed by atoms with Crippen molar-refractivity contribution < 1.29 is 4.42 Å². The number of benzene rings is 8. The molecule has 0 aliphatic heterocycles. The van der Waals surface area contributed by atoms with Crippen LogP contribution in [0.25, 0.3) is 96.7 Å². The first-order valence-corrected chi connectivity index (χ1v) is 15.8. The van der Waals surface area contributed by atoms with Gasteiger partial charge in [0.1, 0.15) is 11.2 Å². The molecule has 2 aromatic heterocycles. The van der Waals surface area contributed by atoms with Crippen molar-refractivity contribution in [3.8, 4) is 22.3 Å². The topological polar surface area (TPSA) is 13.1 Å². The zero-order valence-corrected chi connectivity index (χ0v) is 24.5. The molecule has 0 radical (unpaired) electrons. The number of hydrogen-bond acceptors (Lipinski definition) is 2. The standard InChI is InChI=1S/C42H24OS/c1-3-12-32-30(10-1)40(26-17-20-28-25(23-26)18-21-37-42(28)34-14-5-7-15-36(34)43-37)31-11-2-4-13-33(31)41(32)27-19-22-39-35(24-27)29-9-6-8-16-38(29)44-39/h1-24H. The minimum atomic E-state index is 0.931. The monoisotopic (exact) mass is 576 g/mol. The van der Waals surface area contributed by atoms with Gasteiger partial charge in [-0.3, -0.25) is 0 Å². The molecule has 10 rings (SSSR count). The molecular weight excluding hydrogens is 553 g/mol. The van der Waals surface area contributed by atoms with E-state index in [0.717, 1.165) is 16.6 Å². The molecule has 0 saturated carbocycles. The van der Waals surface area contributed by atoms with Crippen LogP contribution in [0.15, 0.2) is 150 Å². The van der Waals surface area contributed by atoms with Crippen LogP contribution in [0.5, 0.6) is 0 Å². The normalized spacial score (nSPS) is 12.1. The van der Waals surface area contributed by atoms with Gasteiger partial charge in [0.15, 0.2) is 0 Å². The van der Waals surface area contributed by atoms with E-state index in [1.165, 1.54) is 80.1 Å². The molecule has 8 aromatic carbocycles. The van der Waals surface area contributed by atoms with Crippen LogP contribution >= 0.6 is 11.3 Å². The summed E-state index contributed by atoms with van der Waals surface area (Å²) >= 11 is 1.87. The number of thiophene rings is 1. The molecule has 0 amide bonds. The molecule has 0 spiro atoms. The van der Waals surface area contributed by atoms with E-state index in [-0.39, 0.29) is 0 Å². The third-order valence-corrected chi connectivity index (χ3v) is 10.4. The molecule has 204 valence electrons. The predicted molar refractivity (Wildman–Crippen MR) is 190 cm³/mol. The summed E-state index contributed by atoms with van der Waals surface area (Å²) in [4.78, 5) is 0. The summed E-state index contributed by atoms with van der Waals surface area (Å²) in [6.07, 6.45) is 0. The van der Waals surface area contributed by atoms with Crippen molar-refractivity contribution in [3.63, 3.8) is 0 Å². The fourth-order valence-corrected chi connectivity index (χ4v) is 8.43. The fourth-order valence-electron chi connectivity index (χ4n) is 7.34. The van der Waals surface area contributed by atoms with Gasteiger partial charge in [0.25, 0.3) is 0 Å². The Labute approximate surface area is 257 Å². The molecule has 10 aromatic rings. The highest BCUT2D eigenvalue weighted by molar-refractivity contribution is 7.25. The van der Waals surface area contributed by atoms with Crippen LogP contribution in [0.4, 0.5) is 0 Å². The Morgan fingerprint density at radius 1 is 0.364 bits per heavy atom. The molecule has 2 heterocycles. The highest BCUT2D eigenvalue weighted by Gasteiger charge is 2.18. The largest absolute Gasteiger partial charge is 0.456 e. The molecular formula is C42H24OS. The van der Waals surface area contributed by atoms with Crippen molar-refractivity contribution in [3.05, 3.63) is 146 Å². The van der Waals surface area contributed by atoms with E-state index in [1.54, 1.807) is 0 Å². The minimum Gasteiger partial charge on any atom is -0.456 e. The lowest BCUT2D eigenvalue weighted by Gasteiger charge is -2.18. The second-order valence-electron chi connectivity index (χ2n) is 11.6. The molecule has 0 atom stereocenters. The number of para-hydroxylation sites is 1. The molecule has 0 saturated heterocycles. The lowest BCUT2D eigenvalue weighted by atomic mass is 9.85. The Balaban J connectivity index is 1.26. The second-order valence-corrected chi connectivity index (χ2v) is 12.7. The molecule has 0 fully saturated rings. The number of rotatable bonds is 2. The van der Waals surface area contributed by atoms with Gasteiger partial charge in [0.2, 0.25) is 0 Å². The van der Waals surface area contributed by atoms with Gasteiger partial charge in [-0.25, -0.2) is 0 Å². The van der Waals surface area contributed by atoms with Gasteiger partial charge in [-0.2, -0.15) is 0 Å². The molecule has 44 heavy (non-hydrogen) atoms. The summed E-state index contributed by atoms with van der Waals surface area (Å²) in [7, 11) is 0. The van der Waals surface area contributed by atoms with Gasteiger partial charge >= 0.3 is 0 Å².